The lowest BCUT2D eigenvalue weighted by Gasteiger charge is -2.26. The third-order valence-corrected chi connectivity index (χ3v) is 7.01. The van der Waals surface area contributed by atoms with E-state index in [9.17, 15) is 18.0 Å². The summed E-state index contributed by atoms with van der Waals surface area (Å²) in [6, 6.07) is 7.96. The number of aryl methyl sites for hydroxylation is 1. The molecule has 0 radical (unpaired) electrons. The molecule has 2 heterocycles. The second-order valence-corrected chi connectivity index (χ2v) is 8.95. The molecule has 0 aliphatic carbocycles. The van der Waals surface area contributed by atoms with E-state index in [4.69, 9.17) is 9.47 Å². The van der Waals surface area contributed by atoms with Crippen LogP contribution in [-0.2, 0) is 24.3 Å². The first-order chi connectivity index (χ1) is 13.4. The number of carbonyl (C=O) groups excluding carboxylic acids is 2. The molecule has 0 spiro atoms. The molecule has 1 aromatic heterocycles. The Balaban J connectivity index is 1.67. The lowest BCUT2D eigenvalue weighted by atomic mass is 10.2. The zero-order chi connectivity index (χ0) is 20.1. The maximum absolute atomic E-state index is 12.9. The number of anilines is 1. The van der Waals surface area contributed by atoms with Gasteiger partial charge >= 0.3 is 5.97 Å². The van der Waals surface area contributed by atoms with Gasteiger partial charge in [-0.1, -0.05) is 12.1 Å². The van der Waals surface area contributed by atoms with Gasteiger partial charge in [-0.15, -0.1) is 11.3 Å². The van der Waals surface area contributed by atoms with Crippen LogP contribution in [0.5, 0.6) is 0 Å². The van der Waals surface area contributed by atoms with Crippen molar-refractivity contribution in [2.45, 2.75) is 11.8 Å². The molecule has 0 atom stereocenters. The Hall–Kier alpha value is -2.27. The SMILES string of the molecule is Cc1ccc(NC(=O)COC(=O)c2cccs2)cc1S(=O)(=O)N1CCOCC1. The van der Waals surface area contributed by atoms with Crippen molar-refractivity contribution in [3.8, 4) is 0 Å². The monoisotopic (exact) mass is 424 g/mol. The highest BCUT2D eigenvalue weighted by Crippen LogP contribution is 2.24. The molecule has 2 aromatic rings. The molecule has 10 heteroatoms. The molecule has 0 bridgehead atoms. The summed E-state index contributed by atoms with van der Waals surface area (Å²) in [5, 5.41) is 4.30. The van der Waals surface area contributed by atoms with Crippen molar-refractivity contribution in [2.24, 2.45) is 0 Å². The fourth-order valence-electron chi connectivity index (χ4n) is 2.68. The standard InChI is InChI=1S/C18H20N2O6S2/c1-13-4-5-14(11-16(13)28(23,24)20-6-8-25-9-7-20)19-17(21)12-26-18(22)15-3-2-10-27-15/h2-5,10-11H,6-9,12H2,1H3,(H,19,21). The molecule has 0 saturated carbocycles. The Morgan fingerprint density at radius 2 is 2.00 bits per heavy atom. The summed E-state index contributed by atoms with van der Waals surface area (Å²) >= 11 is 1.22. The minimum atomic E-state index is -3.69. The quantitative estimate of drug-likeness (QED) is 0.711. The summed E-state index contributed by atoms with van der Waals surface area (Å²) < 4.78 is 37.3. The van der Waals surface area contributed by atoms with Crippen molar-refractivity contribution in [3.05, 3.63) is 46.2 Å². The molecule has 1 fully saturated rings. The van der Waals surface area contributed by atoms with Crippen molar-refractivity contribution in [3.63, 3.8) is 0 Å². The van der Waals surface area contributed by atoms with E-state index in [1.165, 1.54) is 21.7 Å². The highest BCUT2D eigenvalue weighted by molar-refractivity contribution is 7.89. The van der Waals surface area contributed by atoms with Crippen LogP contribution < -0.4 is 5.32 Å². The van der Waals surface area contributed by atoms with Gasteiger partial charge in [0.1, 0.15) is 4.88 Å². The highest BCUT2D eigenvalue weighted by atomic mass is 32.2. The van der Waals surface area contributed by atoms with Gasteiger partial charge in [0.15, 0.2) is 6.61 Å². The molecule has 1 aromatic carbocycles. The van der Waals surface area contributed by atoms with Gasteiger partial charge in [-0.2, -0.15) is 4.31 Å². The predicted octanol–water partition coefficient (Wildman–Crippen LogP) is 1.87. The number of ether oxygens (including phenoxy) is 2. The van der Waals surface area contributed by atoms with Crippen molar-refractivity contribution < 1.29 is 27.5 Å². The van der Waals surface area contributed by atoms with Gasteiger partial charge in [0.05, 0.1) is 18.1 Å². The lowest BCUT2D eigenvalue weighted by molar-refractivity contribution is -0.119. The number of nitrogens with zero attached hydrogens (tertiary/aromatic N) is 1. The van der Waals surface area contributed by atoms with Crippen LogP contribution in [0, 0.1) is 6.92 Å². The van der Waals surface area contributed by atoms with E-state index in [1.807, 2.05) is 0 Å². The van der Waals surface area contributed by atoms with Crippen LogP contribution >= 0.6 is 11.3 Å². The summed E-state index contributed by atoms with van der Waals surface area (Å²) in [5.41, 5.74) is 0.892. The van der Waals surface area contributed by atoms with Crippen molar-refractivity contribution >= 4 is 38.9 Å². The average Bonchev–Trinajstić information content (AvgIpc) is 3.23. The minimum absolute atomic E-state index is 0.128. The van der Waals surface area contributed by atoms with Crippen LogP contribution in [0.4, 0.5) is 5.69 Å². The van der Waals surface area contributed by atoms with Crippen LogP contribution in [0.3, 0.4) is 0 Å². The number of carbonyl (C=O) groups is 2. The lowest BCUT2D eigenvalue weighted by Crippen LogP contribution is -2.40. The second kappa shape index (κ2) is 8.82. The van der Waals surface area contributed by atoms with E-state index in [2.05, 4.69) is 5.32 Å². The van der Waals surface area contributed by atoms with E-state index in [0.717, 1.165) is 0 Å². The van der Waals surface area contributed by atoms with Crippen molar-refractivity contribution in [1.82, 2.24) is 4.31 Å². The molecule has 1 saturated heterocycles. The van der Waals surface area contributed by atoms with Gasteiger partial charge in [-0.05, 0) is 36.1 Å². The number of esters is 1. The number of nitrogens with one attached hydrogen (secondary N) is 1. The van der Waals surface area contributed by atoms with Gasteiger partial charge in [0.2, 0.25) is 10.0 Å². The van der Waals surface area contributed by atoms with Crippen LogP contribution in [0.25, 0.3) is 0 Å². The van der Waals surface area contributed by atoms with Crippen LogP contribution in [-0.4, -0.2) is 57.5 Å². The van der Waals surface area contributed by atoms with Crippen LogP contribution in [0.2, 0.25) is 0 Å². The number of rotatable bonds is 6. The summed E-state index contributed by atoms with van der Waals surface area (Å²) in [5.74, 6) is -1.13. The Morgan fingerprint density at radius 1 is 1.25 bits per heavy atom. The molecule has 0 unspecified atom stereocenters. The normalized spacial score (nSPS) is 15.2. The number of hydrogen-bond acceptors (Lipinski definition) is 7. The largest absolute Gasteiger partial charge is 0.451 e. The minimum Gasteiger partial charge on any atom is -0.451 e. The van der Waals surface area contributed by atoms with Crippen molar-refractivity contribution in [2.75, 3.05) is 38.2 Å². The van der Waals surface area contributed by atoms with Gasteiger partial charge < -0.3 is 14.8 Å². The van der Waals surface area contributed by atoms with E-state index >= 15 is 0 Å². The maximum atomic E-state index is 12.9. The number of morpholine rings is 1. The topological polar surface area (TPSA) is 102 Å². The molecule has 150 valence electrons. The number of thiophene rings is 1. The molecular formula is C18H20N2O6S2. The summed E-state index contributed by atoms with van der Waals surface area (Å²) in [4.78, 5) is 24.4. The van der Waals surface area contributed by atoms with Gasteiger partial charge in [0.25, 0.3) is 5.91 Å². The van der Waals surface area contributed by atoms with Crippen molar-refractivity contribution in [1.29, 1.82) is 0 Å². The molecule has 28 heavy (non-hydrogen) atoms. The second-order valence-electron chi connectivity index (χ2n) is 6.10. The van der Waals surface area contributed by atoms with Crippen LogP contribution in [0.1, 0.15) is 15.2 Å². The molecule has 1 aliphatic rings. The fourth-order valence-corrected chi connectivity index (χ4v) is 4.95. The number of sulfonamides is 1. The molecule has 8 nitrogen and oxygen atoms in total. The zero-order valence-electron chi connectivity index (χ0n) is 15.2. The summed E-state index contributed by atoms with van der Waals surface area (Å²) in [6.07, 6.45) is 0. The Morgan fingerprint density at radius 3 is 2.68 bits per heavy atom. The third kappa shape index (κ3) is 4.76. The Bertz CT molecular complexity index is 950. The van der Waals surface area contributed by atoms with Crippen LogP contribution in [0.15, 0.2) is 40.6 Å². The number of benzene rings is 1. The first-order valence-corrected chi connectivity index (χ1v) is 10.9. The first kappa shape index (κ1) is 20.5. The molecular weight excluding hydrogens is 404 g/mol. The Labute approximate surface area is 167 Å². The van der Waals surface area contributed by atoms with Gasteiger partial charge in [-0.3, -0.25) is 4.79 Å². The summed E-state index contributed by atoms with van der Waals surface area (Å²) in [7, 11) is -3.69. The highest BCUT2D eigenvalue weighted by Gasteiger charge is 2.28. The van der Waals surface area contributed by atoms with E-state index < -0.39 is 28.5 Å². The fraction of sp³-hybridized carbons (Fsp3) is 0.333. The zero-order valence-corrected chi connectivity index (χ0v) is 16.8. The summed E-state index contributed by atoms with van der Waals surface area (Å²) in [6.45, 7) is 2.51. The smallest absolute Gasteiger partial charge is 0.348 e. The first-order valence-electron chi connectivity index (χ1n) is 8.57. The van der Waals surface area contributed by atoms with E-state index in [0.29, 0.717) is 29.3 Å². The van der Waals surface area contributed by atoms with E-state index in [-0.39, 0.29) is 18.0 Å². The molecule has 1 aliphatic heterocycles. The molecule has 1 N–H and O–H groups in total. The van der Waals surface area contributed by atoms with Gasteiger partial charge in [-0.25, -0.2) is 13.2 Å². The maximum Gasteiger partial charge on any atom is 0.348 e. The number of hydrogen-bond donors (Lipinski definition) is 1. The molecule has 1 amide bonds. The third-order valence-electron chi connectivity index (χ3n) is 4.12. The molecule has 3 rings (SSSR count). The Kier molecular flexibility index (Phi) is 6.45. The average molecular weight is 425 g/mol. The van der Waals surface area contributed by atoms with Gasteiger partial charge in [0, 0.05) is 18.8 Å². The van der Waals surface area contributed by atoms with E-state index in [1.54, 1.807) is 36.6 Å². The predicted molar refractivity (Wildman–Crippen MR) is 104 cm³/mol. The number of amides is 1.